The Bertz CT molecular complexity index is 3300. The van der Waals surface area contributed by atoms with E-state index in [1.54, 1.807) is 0 Å². The number of nitrogens with zero attached hydrogens (tertiary/aromatic N) is 3. The normalized spacial score (nSPS) is 11.4. The Balaban J connectivity index is 1.06. The molecule has 0 fully saturated rings. The smallest absolute Gasteiger partial charge is 0.164 e. The van der Waals surface area contributed by atoms with Crippen LogP contribution in [-0.2, 0) is 0 Å². The largest absolute Gasteiger partial charge is 0.455 e. The van der Waals surface area contributed by atoms with E-state index in [1.165, 1.54) is 33.4 Å². The van der Waals surface area contributed by atoms with Crippen LogP contribution >= 0.6 is 0 Å². The molecule has 0 spiro atoms. The molecule has 0 aliphatic rings. The number of aryl methyl sites for hydroxylation is 1. The summed E-state index contributed by atoms with van der Waals surface area (Å²) in [6.45, 7) is 2.19. The summed E-state index contributed by atoms with van der Waals surface area (Å²) in [7, 11) is 0. The molecule has 9 aromatic carbocycles. The summed E-state index contributed by atoms with van der Waals surface area (Å²) in [5, 5.41) is 4.41. The van der Waals surface area contributed by atoms with Crippen LogP contribution in [-0.4, -0.2) is 15.0 Å². The highest BCUT2D eigenvalue weighted by Crippen LogP contribution is 2.45. The molecule has 60 heavy (non-hydrogen) atoms. The van der Waals surface area contributed by atoms with Crippen molar-refractivity contribution in [2.24, 2.45) is 0 Å². The first-order valence-electron chi connectivity index (χ1n) is 20.3. The van der Waals surface area contributed by atoms with Gasteiger partial charge in [0.15, 0.2) is 17.5 Å². The van der Waals surface area contributed by atoms with E-state index < -0.39 is 0 Å². The lowest BCUT2D eigenvalue weighted by atomic mass is 9.87. The van der Waals surface area contributed by atoms with Crippen LogP contribution in [0.5, 0.6) is 0 Å². The van der Waals surface area contributed by atoms with Gasteiger partial charge in [-0.2, -0.15) is 0 Å². The first-order valence-corrected chi connectivity index (χ1v) is 20.3. The lowest BCUT2D eigenvalue weighted by molar-refractivity contribution is 0.673. The fourth-order valence-corrected chi connectivity index (χ4v) is 8.54. The quantitative estimate of drug-likeness (QED) is 0.162. The molecule has 2 heterocycles. The summed E-state index contributed by atoms with van der Waals surface area (Å²) in [5.41, 5.74) is 15.1. The van der Waals surface area contributed by atoms with Gasteiger partial charge in [0.1, 0.15) is 11.2 Å². The highest BCUT2D eigenvalue weighted by molar-refractivity contribution is 6.22. The summed E-state index contributed by atoms with van der Waals surface area (Å²) in [6.07, 6.45) is 0. The first-order chi connectivity index (χ1) is 29.7. The lowest BCUT2D eigenvalue weighted by Crippen LogP contribution is -2.00. The summed E-state index contributed by atoms with van der Waals surface area (Å²) < 4.78 is 6.78. The fourth-order valence-electron chi connectivity index (χ4n) is 8.54. The molecule has 0 radical (unpaired) electrons. The molecule has 0 saturated heterocycles. The van der Waals surface area contributed by atoms with Crippen molar-refractivity contribution >= 4 is 32.7 Å². The number of fused-ring (bicyclic) bond motifs is 5. The van der Waals surface area contributed by atoms with Crippen molar-refractivity contribution in [1.29, 1.82) is 0 Å². The van der Waals surface area contributed by atoms with Gasteiger partial charge in [0, 0.05) is 32.8 Å². The van der Waals surface area contributed by atoms with Gasteiger partial charge in [0.05, 0.1) is 0 Å². The molecule has 11 aromatic rings. The van der Waals surface area contributed by atoms with E-state index in [2.05, 4.69) is 153 Å². The minimum absolute atomic E-state index is 0.626. The average molecular weight is 768 g/mol. The van der Waals surface area contributed by atoms with Gasteiger partial charge < -0.3 is 4.42 Å². The van der Waals surface area contributed by atoms with Crippen LogP contribution in [0.25, 0.3) is 111 Å². The Hall–Kier alpha value is -7.95. The summed E-state index contributed by atoms with van der Waals surface area (Å²) in [6, 6.07) is 72.3. The van der Waals surface area contributed by atoms with Crippen LogP contribution in [0.2, 0.25) is 0 Å². The molecule has 4 nitrogen and oxygen atoms in total. The van der Waals surface area contributed by atoms with Crippen molar-refractivity contribution in [3.63, 3.8) is 0 Å². The lowest BCUT2D eigenvalue weighted by Gasteiger charge is -2.16. The molecule has 0 atom stereocenters. The van der Waals surface area contributed by atoms with Crippen molar-refractivity contribution in [3.8, 4) is 78.7 Å². The first kappa shape index (κ1) is 35.2. The number of benzene rings is 9. The maximum atomic E-state index is 6.78. The highest BCUT2D eigenvalue weighted by atomic mass is 16.3. The molecular formula is C56H37N3O. The molecule has 0 amide bonds. The zero-order valence-electron chi connectivity index (χ0n) is 32.9. The van der Waals surface area contributed by atoms with Crippen LogP contribution in [0.15, 0.2) is 211 Å². The molecule has 4 heteroatoms. The van der Waals surface area contributed by atoms with Crippen LogP contribution in [0, 0.1) is 6.92 Å². The number of aromatic nitrogens is 3. The second-order valence-corrected chi connectivity index (χ2v) is 15.2. The van der Waals surface area contributed by atoms with E-state index >= 15 is 0 Å². The van der Waals surface area contributed by atoms with Gasteiger partial charge >= 0.3 is 0 Å². The monoisotopic (exact) mass is 767 g/mol. The molecule has 0 N–H and O–H groups in total. The molecule has 0 unspecified atom stereocenters. The summed E-state index contributed by atoms with van der Waals surface area (Å²) in [4.78, 5) is 14.8. The van der Waals surface area contributed by atoms with Gasteiger partial charge in [-0.1, -0.05) is 188 Å². The van der Waals surface area contributed by atoms with Crippen molar-refractivity contribution in [1.82, 2.24) is 15.0 Å². The molecule has 0 aliphatic heterocycles. The minimum Gasteiger partial charge on any atom is -0.455 e. The van der Waals surface area contributed by atoms with E-state index in [1.807, 2.05) is 60.7 Å². The van der Waals surface area contributed by atoms with Gasteiger partial charge in [-0.3, -0.25) is 0 Å². The Morgan fingerprint density at radius 3 is 1.47 bits per heavy atom. The maximum Gasteiger partial charge on any atom is 0.164 e. The van der Waals surface area contributed by atoms with Gasteiger partial charge in [0.25, 0.3) is 0 Å². The number of hydrogen-bond acceptors (Lipinski definition) is 4. The van der Waals surface area contributed by atoms with E-state index in [9.17, 15) is 0 Å². The third-order valence-electron chi connectivity index (χ3n) is 11.5. The SMILES string of the molecule is Cc1ccccc1-c1cc(-c2cc3c(oc4cccc(-c5ccc(-c6nc(-c7ccccc7)nc(-c7ccccc7)n6)cc5)c43)c3ccccc23)ccc1-c1ccccc1. The molecule has 11 rings (SSSR count). The van der Waals surface area contributed by atoms with Gasteiger partial charge in [-0.25, -0.2) is 15.0 Å². The maximum absolute atomic E-state index is 6.78. The highest BCUT2D eigenvalue weighted by Gasteiger charge is 2.20. The predicted molar refractivity (Wildman–Crippen MR) is 247 cm³/mol. The van der Waals surface area contributed by atoms with Crippen molar-refractivity contribution in [2.75, 3.05) is 0 Å². The van der Waals surface area contributed by atoms with Crippen molar-refractivity contribution in [2.45, 2.75) is 6.92 Å². The summed E-state index contributed by atoms with van der Waals surface area (Å²) >= 11 is 0. The van der Waals surface area contributed by atoms with E-state index in [4.69, 9.17) is 19.4 Å². The van der Waals surface area contributed by atoms with Crippen LogP contribution in [0.3, 0.4) is 0 Å². The Labute approximate surface area is 348 Å². The average Bonchev–Trinajstić information content (AvgIpc) is 3.71. The number of rotatable bonds is 7. The van der Waals surface area contributed by atoms with Crippen molar-refractivity contribution < 1.29 is 4.42 Å². The summed E-state index contributed by atoms with van der Waals surface area (Å²) in [5.74, 6) is 1.91. The van der Waals surface area contributed by atoms with E-state index in [0.717, 1.165) is 66.1 Å². The zero-order valence-corrected chi connectivity index (χ0v) is 32.9. The van der Waals surface area contributed by atoms with Gasteiger partial charge in [-0.15, -0.1) is 0 Å². The Morgan fingerprint density at radius 1 is 0.317 bits per heavy atom. The van der Waals surface area contributed by atoms with Gasteiger partial charge in [0.2, 0.25) is 0 Å². The second kappa shape index (κ2) is 14.8. The topological polar surface area (TPSA) is 51.8 Å². The Morgan fingerprint density at radius 2 is 0.817 bits per heavy atom. The van der Waals surface area contributed by atoms with E-state index in [-0.39, 0.29) is 0 Å². The molecule has 0 aliphatic carbocycles. The van der Waals surface area contributed by atoms with Crippen LogP contribution in [0.4, 0.5) is 0 Å². The number of furan rings is 1. The third kappa shape index (κ3) is 6.23. The molecule has 0 saturated carbocycles. The van der Waals surface area contributed by atoms with Gasteiger partial charge in [-0.05, 0) is 80.6 Å². The molecule has 0 bridgehead atoms. The second-order valence-electron chi connectivity index (χ2n) is 15.2. The number of hydrogen-bond donors (Lipinski definition) is 0. The zero-order chi connectivity index (χ0) is 40.0. The fraction of sp³-hybridized carbons (Fsp3) is 0.0179. The third-order valence-corrected chi connectivity index (χ3v) is 11.5. The minimum atomic E-state index is 0.626. The molecule has 282 valence electrons. The van der Waals surface area contributed by atoms with Crippen LogP contribution in [0.1, 0.15) is 5.56 Å². The predicted octanol–water partition coefficient (Wildman–Crippen LogP) is 14.9. The van der Waals surface area contributed by atoms with E-state index in [0.29, 0.717) is 17.5 Å². The van der Waals surface area contributed by atoms with Crippen LogP contribution < -0.4 is 0 Å². The standard InChI is InChI=1S/C56H37N3O/c1-36-16-11-12-23-43(36)49-34-42(32-33-44(49)37-17-5-2-6-18-37)48-35-50-52-45(26-15-27-51(52)60-53(50)47-25-14-13-24-46(47)48)38-28-30-41(31-29-38)56-58-54(39-19-7-3-8-20-39)57-55(59-56)40-21-9-4-10-22-40/h2-35H,1H3. The molecular weight excluding hydrogens is 731 g/mol. The Kier molecular flexibility index (Phi) is 8.67. The van der Waals surface area contributed by atoms with Crippen molar-refractivity contribution in [3.05, 3.63) is 212 Å². The molecule has 2 aromatic heterocycles.